The van der Waals surface area contributed by atoms with Crippen molar-refractivity contribution in [1.29, 1.82) is 0 Å². The molecule has 1 amide bonds. The van der Waals surface area contributed by atoms with Gasteiger partial charge in [0.1, 0.15) is 29.1 Å². The number of carbonyl (C=O) groups excluding carboxylic acids is 3. The molecule has 0 aliphatic carbocycles. The fraction of sp³-hybridized carbons (Fsp3) is 0.312. The molecule has 1 fully saturated rings. The van der Waals surface area contributed by atoms with Crippen LogP contribution in [0.15, 0.2) is 54.6 Å². The number of esters is 1. The molecule has 1 aromatic heterocycles. The van der Waals surface area contributed by atoms with Gasteiger partial charge < -0.3 is 24.1 Å². The predicted octanol–water partition coefficient (Wildman–Crippen LogP) is 5.54. The maximum Gasteiger partial charge on any atom is 0.350 e. The van der Waals surface area contributed by atoms with E-state index in [2.05, 4.69) is 11.6 Å². The lowest BCUT2D eigenvalue weighted by atomic mass is 9.94. The van der Waals surface area contributed by atoms with Crippen molar-refractivity contribution in [2.24, 2.45) is 0 Å². The van der Waals surface area contributed by atoms with Crippen molar-refractivity contribution in [3.8, 4) is 17.2 Å². The Bertz CT molecular complexity index is 1640. The van der Waals surface area contributed by atoms with Crippen LogP contribution in [-0.2, 0) is 20.7 Å². The maximum absolute atomic E-state index is 13.7. The largest absolute Gasteiger partial charge is 0.507 e. The highest BCUT2D eigenvalue weighted by Crippen LogP contribution is 2.46. The number of aromatic nitrogens is 1. The quantitative estimate of drug-likeness (QED) is 0.104. The molecule has 3 heterocycles. The summed E-state index contributed by atoms with van der Waals surface area (Å²) >= 11 is 0.943. The van der Waals surface area contributed by atoms with Gasteiger partial charge in [-0.15, -0.1) is 0 Å². The van der Waals surface area contributed by atoms with Crippen LogP contribution in [0.25, 0.3) is 5.76 Å². The van der Waals surface area contributed by atoms with E-state index < -0.39 is 23.7 Å². The van der Waals surface area contributed by atoms with Crippen molar-refractivity contribution in [3.05, 3.63) is 81.9 Å². The van der Waals surface area contributed by atoms with Crippen LogP contribution >= 0.6 is 11.3 Å². The van der Waals surface area contributed by atoms with Crippen LogP contribution in [0.1, 0.15) is 58.9 Å². The number of thiazole rings is 1. The molecule has 2 aliphatic rings. The molecule has 0 radical (unpaired) electrons. The fourth-order valence-corrected chi connectivity index (χ4v) is 6.16. The minimum Gasteiger partial charge on any atom is -0.507 e. The molecule has 2 aliphatic heterocycles. The maximum atomic E-state index is 13.7. The molecule has 224 valence electrons. The number of nitrogens with zero attached hydrogens (tertiary/aromatic N) is 2. The minimum absolute atomic E-state index is 0.0153. The van der Waals surface area contributed by atoms with Gasteiger partial charge in [0.05, 0.1) is 30.5 Å². The molecule has 2 atom stereocenters. The molecular weight excluding hydrogens is 572 g/mol. The summed E-state index contributed by atoms with van der Waals surface area (Å²) in [5.74, 6) is -1.14. The Morgan fingerprint density at radius 1 is 1.16 bits per heavy atom. The summed E-state index contributed by atoms with van der Waals surface area (Å²) in [6.07, 6.45) is 2.23. The van der Waals surface area contributed by atoms with Gasteiger partial charge in [0.25, 0.3) is 5.78 Å². The van der Waals surface area contributed by atoms with Crippen LogP contribution in [0.4, 0.5) is 5.13 Å². The van der Waals surface area contributed by atoms with Gasteiger partial charge in [0.15, 0.2) is 16.6 Å². The van der Waals surface area contributed by atoms with E-state index in [0.717, 1.165) is 16.9 Å². The Labute approximate surface area is 253 Å². The second kappa shape index (κ2) is 12.3. The first kappa shape index (κ1) is 29.8. The van der Waals surface area contributed by atoms with E-state index in [1.807, 2.05) is 13.8 Å². The number of aliphatic hydroxyl groups is 1. The van der Waals surface area contributed by atoms with Crippen molar-refractivity contribution in [2.45, 2.75) is 46.3 Å². The molecule has 2 aromatic carbocycles. The number of fused-ring (bicyclic) bond motifs is 1. The number of rotatable bonds is 10. The van der Waals surface area contributed by atoms with Crippen molar-refractivity contribution in [2.75, 3.05) is 24.7 Å². The first-order chi connectivity index (χ1) is 20.7. The number of hydrogen-bond acceptors (Lipinski definition) is 10. The summed E-state index contributed by atoms with van der Waals surface area (Å²) in [6, 6.07) is 9.12. The van der Waals surface area contributed by atoms with Gasteiger partial charge in [-0.1, -0.05) is 30.1 Å². The average Bonchev–Trinajstić information content (AvgIpc) is 3.63. The van der Waals surface area contributed by atoms with E-state index in [9.17, 15) is 19.5 Å². The van der Waals surface area contributed by atoms with Gasteiger partial charge in [-0.05, 0) is 69.2 Å². The van der Waals surface area contributed by atoms with E-state index in [4.69, 9.17) is 18.9 Å². The van der Waals surface area contributed by atoms with Gasteiger partial charge in [-0.2, -0.15) is 0 Å². The lowest BCUT2D eigenvalue weighted by Crippen LogP contribution is -2.29. The number of anilines is 1. The van der Waals surface area contributed by atoms with E-state index >= 15 is 0 Å². The van der Waals surface area contributed by atoms with Gasteiger partial charge in [0, 0.05) is 12.0 Å². The zero-order valence-electron chi connectivity index (χ0n) is 24.3. The van der Waals surface area contributed by atoms with E-state index in [1.165, 1.54) is 4.90 Å². The smallest absolute Gasteiger partial charge is 0.350 e. The standard InChI is InChI=1S/C32H32N2O8S/c1-6-13-41-23-12-9-19(16-24(23)39-7-2)26-25(27(35)20-10-11-22-21(15-20)14-17(4)42-22)28(36)30(37)34(26)32-33-18(5)29(43-32)31(38)40-8-3/h6,9-12,15-17,26,35H,1,7-8,13-14H2,2-5H3/t17-,26-/m0/s1. The lowest BCUT2D eigenvalue weighted by Gasteiger charge is -2.24. The predicted molar refractivity (Wildman–Crippen MR) is 161 cm³/mol. The molecule has 0 saturated carbocycles. The highest BCUT2D eigenvalue weighted by molar-refractivity contribution is 7.17. The summed E-state index contributed by atoms with van der Waals surface area (Å²) in [6.45, 7) is 11.5. The molecule has 0 bridgehead atoms. The third-order valence-electron chi connectivity index (χ3n) is 7.01. The zero-order chi connectivity index (χ0) is 30.8. The topological polar surface area (TPSA) is 124 Å². The SMILES string of the molecule is C=CCOc1ccc([C@H]2C(=C(O)c3ccc4c(c3)C[C@H](C)O4)C(=O)C(=O)N2c2nc(C)c(C(=O)OCC)s2)cc1OCC. The third-order valence-corrected chi connectivity index (χ3v) is 8.14. The van der Waals surface area contributed by atoms with Crippen LogP contribution in [0, 0.1) is 6.92 Å². The number of benzene rings is 2. The number of ether oxygens (including phenoxy) is 4. The number of aliphatic hydroxyl groups excluding tert-OH is 1. The fourth-order valence-electron chi connectivity index (χ4n) is 5.17. The normalized spacial score (nSPS) is 18.7. The average molecular weight is 605 g/mol. The molecule has 3 aromatic rings. The Balaban J connectivity index is 1.69. The summed E-state index contributed by atoms with van der Waals surface area (Å²) in [7, 11) is 0. The summed E-state index contributed by atoms with van der Waals surface area (Å²) in [4.78, 5) is 45.9. The Morgan fingerprint density at radius 3 is 2.67 bits per heavy atom. The van der Waals surface area contributed by atoms with Gasteiger partial charge in [0.2, 0.25) is 0 Å². The Hall–Kier alpha value is -4.64. The lowest BCUT2D eigenvalue weighted by molar-refractivity contribution is -0.132. The van der Waals surface area contributed by atoms with Gasteiger partial charge >= 0.3 is 11.9 Å². The minimum atomic E-state index is -1.09. The summed E-state index contributed by atoms with van der Waals surface area (Å²) in [5, 5.41) is 11.8. The molecule has 10 nitrogen and oxygen atoms in total. The van der Waals surface area contributed by atoms with Crippen LogP contribution in [0.3, 0.4) is 0 Å². The molecule has 0 unspecified atom stereocenters. The van der Waals surface area contributed by atoms with Gasteiger partial charge in [-0.3, -0.25) is 14.5 Å². The number of aryl methyl sites for hydroxylation is 1. The zero-order valence-corrected chi connectivity index (χ0v) is 25.2. The number of ketones is 1. The Morgan fingerprint density at radius 2 is 1.95 bits per heavy atom. The van der Waals surface area contributed by atoms with Crippen LogP contribution < -0.4 is 19.1 Å². The number of Topliss-reactive ketones (excluding diaryl/α,β-unsaturated/α-hetero) is 1. The summed E-state index contributed by atoms with van der Waals surface area (Å²) in [5.41, 5.74) is 1.97. The Kier molecular flexibility index (Phi) is 8.54. The number of amides is 1. The van der Waals surface area contributed by atoms with E-state index in [1.54, 1.807) is 56.3 Å². The third kappa shape index (κ3) is 5.60. The summed E-state index contributed by atoms with van der Waals surface area (Å²) < 4.78 is 22.5. The molecule has 5 rings (SSSR count). The van der Waals surface area contributed by atoms with Crippen molar-refractivity contribution >= 4 is 39.9 Å². The monoisotopic (exact) mass is 604 g/mol. The van der Waals surface area contributed by atoms with Crippen LogP contribution in [0.2, 0.25) is 0 Å². The number of carbonyl (C=O) groups is 3. The molecule has 43 heavy (non-hydrogen) atoms. The molecule has 1 N–H and O–H groups in total. The molecular formula is C32H32N2O8S. The highest BCUT2D eigenvalue weighted by atomic mass is 32.1. The molecule has 0 spiro atoms. The van der Waals surface area contributed by atoms with Crippen molar-refractivity contribution < 1.29 is 38.4 Å². The second-order valence-corrected chi connectivity index (χ2v) is 11.0. The molecule has 1 saturated heterocycles. The van der Waals surface area contributed by atoms with E-state index in [-0.39, 0.29) is 40.7 Å². The second-order valence-electron chi connectivity index (χ2n) is 9.99. The number of hydrogen-bond donors (Lipinski definition) is 1. The first-order valence-electron chi connectivity index (χ1n) is 13.9. The van der Waals surface area contributed by atoms with Crippen molar-refractivity contribution in [1.82, 2.24) is 4.98 Å². The van der Waals surface area contributed by atoms with Crippen LogP contribution in [-0.4, -0.2) is 53.7 Å². The van der Waals surface area contributed by atoms with E-state index in [0.29, 0.717) is 47.1 Å². The molecule has 11 heteroatoms. The van der Waals surface area contributed by atoms with Gasteiger partial charge in [-0.25, -0.2) is 9.78 Å². The van der Waals surface area contributed by atoms with Crippen LogP contribution in [0.5, 0.6) is 17.2 Å². The first-order valence-corrected chi connectivity index (χ1v) is 14.8. The highest BCUT2D eigenvalue weighted by Gasteiger charge is 2.49. The van der Waals surface area contributed by atoms with Crippen molar-refractivity contribution in [3.63, 3.8) is 0 Å².